The predicted octanol–water partition coefficient (Wildman–Crippen LogP) is 3.72. The molecule has 0 saturated carbocycles. The number of rotatable bonds is 8. The summed E-state index contributed by atoms with van der Waals surface area (Å²) in [4.78, 5) is 30.0. The average Bonchev–Trinajstić information content (AvgIpc) is 3.39. The molecule has 42 heavy (non-hydrogen) atoms. The number of nitriles is 1. The van der Waals surface area contributed by atoms with Gasteiger partial charge >= 0.3 is 0 Å². The zero-order valence-corrected chi connectivity index (χ0v) is 24.7. The van der Waals surface area contributed by atoms with Gasteiger partial charge < -0.3 is 15.4 Å². The fourth-order valence-corrected chi connectivity index (χ4v) is 5.96. The Bertz CT molecular complexity index is 1430. The fraction of sp³-hybridized carbons (Fsp3) is 0.323. The first-order chi connectivity index (χ1) is 20.2. The average molecular weight is 608 g/mol. The van der Waals surface area contributed by atoms with Crippen LogP contribution in [-0.4, -0.2) is 60.9 Å². The molecule has 3 aromatic rings. The van der Waals surface area contributed by atoms with E-state index in [4.69, 9.17) is 33.7 Å². The van der Waals surface area contributed by atoms with Crippen LogP contribution in [0.2, 0.25) is 10.0 Å². The van der Waals surface area contributed by atoms with E-state index in [1.807, 2.05) is 60.4 Å². The van der Waals surface area contributed by atoms with Gasteiger partial charge in [0.2, 0.25) is 5.91 Å². The molecule has 11 heteroatoms. The van der Waals surface area contributed by atoms with E-state index in [0.29, 0.717) is 59.7 Å². The fourth-order valence-electron chi connectivity index (χ4n) is 5.70. The lowest BCUT2D eigenvalue weighted by Gasteiger charge is -2.40. The normalized spacial score (nSPS) is 22.5. The molecule has 218 valence electrons. The summed E-state index contributed by atoms with van der Waals surface area (Å²) >= 11 is 12.5. The van der Waals surface area contributed by atoms with Crippen LogP contribution in [0.1, 0.15) is 41.3 Å². The van der Waals surface area contributed by atoms with Crippen molar-refractivity contribution in [1.29, 1.82) is 5.26 Å². The number of halogens is 2. The van der Waals surface area contributed by atoms with Gasteiger partial charge in [-0.05, 0) is 54.4 Å². The SMILES string of the molecule is CCOc1cc(C#N)ccc1C1(C(=O)N2CCN(CC(N)=O)CC2)N[C@H](c2ccc(Cl)cc2)[C@H](c2ccc(Cl)cc2)N1. The number of nitrogens with zero attached hydrogens (tertiary/aromatic N) is 3. The van der Waals surface area contributed by atoms with E-state index >= 15 is 0 Å². The molecular weight excluding hydrogens is 575 g/mol. The van der Waals surface area contributed by atoms with Crippen LogP contribution in [0.5, 0.6) is 5.75 Å². The third-order valence-electron chi connectivity index (χ3n) is 7.71. The van der Waals surface area contributed by atoms with Crippen LogP contribution in [0.4, 0.5) is 0 Å². The van der Waals surface area contributed by atoms with Crippen LogP contribution in [-0.2, 0) is 15.3 Å². The number of primary amides is 1. The lowest BCUT2D eigenvalue weighted by atomic mass is 9.95. The molecule has 4 N–H and O–H groups in total. The maximum absolute atomic E-state index is 14.8. The van der Waals surface area contributed by atoms with Crippen molar-refractivity contribution in [2.45, 2.75) is 24.7 Å². The first-order valence-electron chi connectivity index (χ1n) is 13.8. The van der Waals surface area contributed by atoms with Crippen molar-refractivity contribution < 1.29 is 14.3 Å². The zero-order chi connectivity index (χ0) is 29.9. The molecule has 3 aromatic carbocycles. The van der Waals surface area contributed by atoms with Crippen molar-refractivity contribution in [3.63, 3.8) is 0 Å². The van der Waals surface area contributed by atoms with Crippen molar-refractivity contribution in [3.8, 4) is 11.8 Å². The first kappa shape index (κ1) is 29.8. The molecule has 0 aromatic heterocycles. The molecule has 2 fully saturated rings. The van der Waals surface area contributed by atoms with Crippen molar-refractivity contribution in [3.05, 3.63) is 99.0 Å². The Balaban J connectivity index is 1.62. The van der Waals surface area contributed by atoms with E-state index in [9.17, 15) is 14.9 Å². The summed E-state index contributed by atoms with van der Waals surface area (Å²) in [5, 5.41) is 18.2. The van der Waals surface area contributed by atoms with E-state index in [2.05, 4.69) is 16.7 Å². The molecule has 9 nitrogen and oxygen atoms in total. The van der Waals surface area contributed by atoms with Gasteiger partial charge in [0.1, 0.15) is 5.75 Å². The van der Waals surface area contributed by atoms with Gasteiger partial charge in [0.25, 0.3) is 5.91 Å². The monoisotopic (exact) mass is 606 g/mol. The molecule has 2 saturated heterocycles. The highest BCUT2D eigenvalue weighted by Gasteiger charge is 2.54. The molecule has 0 bridgehead atoms. The van der Waals surface area contributed by atoms with Crippen molar-refractivity contribution in [2.24, 2.45) is 5.73 Å². The Hall–Kier alpha value is -3.65. The minimum atomic E-state index is -1.42. The quantitative estimate of drug-likeness (QED) is 0.357. The number of carbonyl (C=O) groups is 2. The van der Waals surface area contributed by atoms with E-state index in [0.717, 1.165) is 11.1 Å². The first-order valence-corrected chi connectivity index (χ1v) is 14.5. The summed E-state index contributed by atoms with van der Waals surface area (Å²) in [6.45, 7) is 4.20. The Morgan fingerprint density at radius 2 is 1.50 bits per heavy atom. The third kappa shape index (κ3) is 6.09. The summed E-state index contributed by atoms with van der Waals surface area (Å²) < 4.78 is 6.03. The predicted molar refractivity (Wildman–Crippen MR) is 161 cm³/mol. The summed E-state index contributed by atoms with van der Waals surface area (Å²) in [5.74, 6) is -0.160. The van der Waals surface area contributed by atoms with E-state index in [-0.39, 0.29) is 24.5 Å². The number of nitrogens with one attached hydrogen (secondary N) is 2. The number of nitrogens with two attached hydrogens (primary N) is 1. The standard InChI is InChI=1S/C31H32Cl2N6O3/c1-2-42-26-17-20(18-34)3-12-25(26)31(30(41)39-15-13-38(14-16-39)19-27(35)40)36-28(21-4-8-23(32)9-5-21)29(37-31)22-6-10-24(33)11-7-22/h3-12,17,28-29,36-37H,2,13-16,19H2,1H3,(H2,35,40)/t28-,29+,31?. The van der Waals surface area contributed by atoms with Gasteiger partial charge in [0.15, 0.2) is 5.66 Å². The van der Waals surface area contributed by atoms with Crippen LogP contribution in [0.25, 0.3) is 0 Å². The smallest absolute Gasteiger partial charge is 0.262 e. The Morgan fingerprint density at radius 1 is 0.952 bits per heavy atom. The zero-order valence-electron chi connectivity index (χ0n) is 23.1. The number of hydrogen-bond donors (Lipinski definition) is 3. The van der Waals surface area contributed by atoms with Gasteiger partial charge in [-0.15, -0.1) is 0 Å². The number of carbonyl (C=O) groups excluding carboxylic acids is 2. The second-order valence-corrected chi connectivity index (χ2v) is 11.3. The Kier molecular flexibility index (Phi) is 9.02. The van der Waals surface area contributed by atoms with Crippen molar-refractivity contribution in [2.75, 3.05) is 39.3 Å². The summed E-state index contributed by atoms with van der Waals surface area (Å²) in [7, 11) is 0. The minimum Gasteiger partial charge on any atom is -0.493 e. The molecule has 3 atom stereocenters. The van der Waals surface area contributed by atoms with Gasteiger partial charge in [0.05, 0.1) is 36.9 Å². The Labute approximate surface area is 255 Å². The lowest BCUT2D eigenvalue weighted by Crippen LogP contribution is -2.62. The second kappa shape index (κ2) is 12.7. The Morgan fingerprint density at radius 3 is 1.98 bits per heavy atom. The van der Waals surface area contributed by atoms with Gasteiger partial charge in [-0.3, -0.25) is 25.1 Å². The van der Waals surface area contributed by atoms with E-state index < -0.39 is 11.6 Å². The molecule has 0 radical (unpaired) electrons. The van der Waals surface area contributed by atoms with Crippen molar-refractivity contribution >= 4 is 35.0 Å². The van der Waals surface area contributed by atoms with Crippen LogP contribution in [0, 0.1) is 11.3 Å². The maximum Gasteiger partial charge on any atom is 0.262 e. The van der Waals surface area contributed by atoms with Crippen LogP contribution < -0.4 is 21.1 Å². The number of benzene rings is 3. The number of hydrogen-bond acceptors (Lipinski definition) is 7. The lowest BCUT2D eigenvalue weighted by molar-refractivity contribution is -0.141. The van der Waals surface area contributed by atoms with Gasteiger partial charge in [-0.1, -0.05) is 53.5 Å². The summed E-state index contributed by atoms with van der Waals surface area (Å²) in [5.41, 5.74) is 6.85. The molecule has 2 aliphatic rings. The van der Waals surface area contributed by atoms with Crippen LogP contribution >= 0.6 is 23.2 Å². The minimum absolute atomic E-state index is 0.144. The number of ether oxygens (including phenoxy) is 1. The molecule has 0 aliphatic carbocycles. The topological polar surface area (TPSA) is 124 Å². The molecule has 1 unspecified atom stereocenters. The highest BCUT2D eigenvalue weighted by Crippen LogP contribution is 2.45. The highest BCUT2D eigenvalue weighted by molar-refractivity contribution is 6.30. The number of amides is 2. The molecule has 5 rings (SSSR count). The molecule has 2 heterocycles. The molecular formula is C31H32Cl2N6O3. The van der Waals surface area contributed by atoms with Crippen LogP contribution in [0.3, 0.4) is 0 Å². The largest absolute Gasteiger partial charge is 0.493 e. The second-order valence-electron chi connectivity index (χ2n) is 10.4. The third-order valence-corrected chi connectivity index (χ3v) is 8.21. The van der Waals surface area contributed by atoms with Crippen molar-refractivity contribution in [1.82, 2.24) is 20.4 Å². The van der Waals surface area contributed by atoms with E-state index in [1.165, 1.54) is 0 Å². The molecule has 0 spiro atoms. The molecule has 2 amide bonds. The van der Waals surface area contributed by atoms with E-state index in [1.54, 1.807) is 23.1 Å². The highest BCUT2D eigenvalue weighted by atomic mass is 35.5. The van der Waals surface area contributed by atoms with Gasteiger partial charge in [-0.2, -0.15) is 5.26 Å². The maximum atomic E-state index is 14.8. The van der Waals surface area contributed by atoms with Gasteiger partial charge in [-0.25, -0.2) is 0 Å². The number of piperazine rings is 1. The summed E-state index contributed by atoms with van der Waals surface area (Å²) in [6.07, 6.45) is 0. The molecule has 2 aliphatic heterocycles. The summed E-state index contributed by atoms with van der Waals surface area (Å²) in [6, 6.07) is 21.6. The van der Waals surface area contributed by atoms with Gasteiger partial charge in [0, 0.05) is 41.8 Å². The van der Waals surface area contributed by atoms with Crippen LogP contribution in [0.15, 0.2) is 66.7 Å².